The summed E-state index contributed by atoms with van der Waals surface area (Å²) in [5.41, 5.74) is 2.92. The summed E-state index contributed by atoms with van der Waals surface area (Å²) >= 11 is 2.09. The van der Waals surface area contributed by atoms with Crippen molar-refractivity contribution >= 4 is 22.6 Å². The smallest absolute Gasteiger partial charge is 0.0538 e. The number of nitrogens with zero attached hydrogens (tertiary/aromatic N) is 1. The highest BCUT2D eigenvalue weighted by Gasteiger charge is 2.33. The van der Waals surface area contributed by atoms with Crippen LogP contribution >= 0.6 is 11.8 Å². The molecule has 4 rings (SSSR count). The number of hydrogen-bond acceptors (Lipinski definition) is 3. The zero-order valence-corrected chi connectivity index (χ0v) is 15.6. The highest BCUT2D eigenvalue weighted by molar-refractivity contribution is 7.99. The van der Waals surface area contributed by atoms with Gasteiger partial charge in [0.15, 0.2) is 0 Å². The predicted octanol–water partition coefficient (Wildman–Crippen LogP) is 3.99. The average molecular weight is 350 g/mol. The first kappa shape index (κ1) is 16.2. The van der Waals surface area contributed by atoms with Crippen molar-refractivity contribution < 1.29 is 4.21 Å². The molecule has 1 aromatic carbocycles. The third-order valence-corrected chi connectivity index (χ3v) is 8.61. The van der Waals surface area contributed by atoms with E-state index in [0.717, 1.165) is 16.6 Å². The Morgan fingerprint density at radius 2 is 2.09 bits per heavy atom. The molecule has 1 aromatic rings. The van der Waals surface area contributed by atoms with Crippen LogP contribution in [0.25, 0.3) is 0 Å². The zero-order valence-electron chi connectivity index (χ0n) is 14.0. The van der Waals surface area contributed by atoms with Gasteiger partial charge in [0, 0.05) is 16.7 Å². The molecular formula is C19H27NOS2. The van der Waals surface area contributed by atoms with E-state index in [1.54, 1.807) is 0 Å². The maximum Gasteiger partial charge on any atom is 0.0538 e. The van der Waals surface area contributed by atoms with Gasteiger partial charge in [0.2, 0.25) is 0 Å². The maximum absolute atomic E-state index is 12.5. The summed E-state index contributed by atoms with van der Waals surface area (Å²) in [7, 11) is 1.48. The molecule has 0 bridgehead atoms. The van der Waals surface area contributed by atoms with Gasteiger partial charge in [-0.05, 0) is 86.2 Å². The Hall–Kier alpha value is -0.320. The monoisotopic (exact) mass is 349 g/mol. The van der Waals surface area contributed by atoms with E-state index in [4.69, 9.17) is 0 Å². The zero-order chi connectivity index (χ0) is 15.8. The molecule has 2 fully saturated rings. The molecule has 0 N–H and O–H groups in total. The Morgan fingerprint density at radius 1 is 1.26 bits per heavy atom. The van der Waals surface area contributed by atoms with Gasteiger partial charge in [-0.3, -0.25) is 4.21 Å². The molecule has 3 atom stereocenters. The first-order chi connectivity index (χ1) is 11.2. The van der Waals surface area contributed by atoms with E-state index < -0.39 is 10.8 Å². The van der Waals surface area contributed by atoms with E-state index in [2.05, 4.69) is 41.9 Å². The van der Waals surface area contributed by atoms with Crippen molar-refractivity contribution in [2.24, 2.45) is 0 Å². The Balaban J connectivity index is 1.57. The number of likely N-dealkylation sites (tertiary alicyclic amines) is 1. The van der Waals surface area contributed by atoms with Crippen LogP contribution in [0.3, 0.4) is 0 Å². The Bertz CT molecular complexity index is 597. The number of hydrogen-bond donors (Lipinski definition) is 0. The Labute approximate surface area is 146 Å². The fraction of sp³-hybridized carbons (Fsp3) is 0.684. The van der Waals surface area contributed by atoms with Gasteiger partial charge in [-0.2, -0.15) is 11.8 Å². The Morgan fingerprint density at radius 3 is 2.83 bits per heavy atom. The Kier molecular flexibility index (Phi) is 4.84. The van der Waals surface area contributed by atoms with Gasteiger partial charge in [0.1, 0.15) is 0 Å². The van der Waals surface area contributed by atoms with Gasteiger partial charge in [-0.25, -0.2) is 0 Å². The van der Waals surface area contributed by atoms with Crippen LogP contribution < -0.4 is 0 Å². The molecular weight excluding hydrogens is 322 g/mol. The minimum Gasteiger partial charge on any atom is -0.303 e. The SMILES string of the molecule is CN1CCC[C@@H]1CC1CS(=O)c2ccc(C3CCSCC3)cc21. The quantitative estimate of drug-likeness (QED) is 0.823. The summed E-state index contributed by atoms with van der Waals surface area (Å²) in [6.07, 6.45) is 6.45. The van der Waals surface area contributed by atoms with Crippen molar-refractivity contribution in [2.75, 3.05) is 30.9 Å². The molecule has 126 valence electrons. The van der Waals surface area contributed by atoms with Crippen LogP contribution in [-0.2, 0) is 10.8 Å². The fourth-order valence-corrected chi connectivity index (χ4v) is 7.22. The van der Waals surface area contributed by atoms with Crippen LogP contribution in [0.2, 0.25) is 0 Å². The number of fused-ring (bicyclic) bond motifs is 1. The van der Waals surface area contributed by atoms with Crippen LogP contribution in [0.1, 0.15) is 55.1 Å². The molecule has 0 radical (unpaired) electrons. The molecule has 0 aromatic heterocycles. The van der Waals surface area contributed by atoms with Crippen molar-refractivity contribution in [3.63, 3.8) is 0 Å². The fourth-order valence-electron chi connectivity index (χ4n) is 4.54. The van der Waals surface area contributed by atoms with Crippen LogP contribution in [0.5, 0.6) is 0 Å². The third kappa shape index (κ3) is 3.27. The molecule has 0 aliphatic carbocycles. The summed E-state index contributed by atoms with van der Waals surface area (Å²) in [4.78, 5) is 3.63. The number of rotatable bonds is 3. The van der Waals surface area contributed by atoms with E-state index in [1.165, 1.54) is 61.3 Å². The van der Waals surface area contributed by atoms with Crippen molar-refractivity contribution in [3.8, 4) is 0 Å². The minimum atomic E-state index is -0.775. The van der Waals surface area contributed by atoms with Crippen molar-refractivity contribution in [2.45, 2.75) is 54.9 Å². The molecule has 0 amide bonds. The third-order valence-electron chi connectivity index (χ3n) is 5.99. The molecule has 0 spiro atoms. The lowest BCUT2D eigenvalue weighted by molar-refractivity contribution is 0.286. The van der Waals surface area contributed by atoms with E-state index in [9.17, 15) is 4.21 Å². The summed E-state index contributed by atoms with van der Waals surface area (Å²) in [5.74, 6) is 4.68. The van der Waals surface area contributed by atoms with Gasteiger partial charge in [0.25, 0.3) is 0 Å². The highest BCUT2D eigenvalue weighted by atomic mass is 32.2. The summed E-state index contributed by atoms with van der Waals surface area (Å²) in [6, 6.07) is 7.57. The average Bonchev–Trinajstić information content (AvgIpc) is 3.12. The van der Waals surface area contributed by atoms with Gasteiger partial charge in [0.05, 0.1) is 10.8 Å². The van der Waals surface area contributed by atoms with Crippen LogP contribution in [0.15, 0.2) is 23.1 Å². The molecule has 0 saturated carbocycles. The van der Waals surface area contributed by atoms with Crippen LogP contribution in [0.4, 0.5) is 0 Å². The standard InChI is InChI=1S/C19H27NOS2/c1-20-8-2-3-17(20)11-16-13-23(21)19-5-4-15(12-18(16)19)14-6-9-22-10-7-14/h4-5,12,14,16-17H,2-3,6-11,13H2,1H3/t16?,17-,23?/m1/s1. The van der Waals surface area contributed by atoms with Gasteiger partial charge < -0.3 is 4.90 Å². The van der Waals surface area contributed by atoms with E-state index in [-0.39, 0.29) is 0 Å². The lowest BCUT2D eigenvalue weighted by Gasteiger charge is -2.25. The second-order valence-electron chi connectivity index (χ2n) is 7.41. The molecule has 2 unspecified atom stereocenters. The van der Waals surface area contributed by atoms with Crippen LogP contribution in [-0.4, -0.2) is 46.0 Å². The van der Waals surface area contributed by atoms with E-state index in [1.807, 2.05) is 0 Å². The van der Waals surface area contributed by atoms with Crippen molar-refractivity contribution in [3.05, 3.63) is 29.3 Å². The first-order valence-corrected chi connectivity index (χ1v) is 11.5. The highest BCUT2D eigenvalue weighted by Crippen LogP contribution is 2.40. The lowest BCUT2D eigenvalue weighted by atomic mass is 9.87. The number of thioether (sulfide) groups is 1. The van der Waals surface area contributed by atoms with Gasteiger partial charge in [-0.1, -0.05) is 12.1 Å². The number of benzene rings is 1. The van der Waals surface area contributed by atoms with Crippen LogP contribution in [0, 0.1) is 0 Å². The predicted molar refractivity (Wildman–Crippen MR) is 100 cm³/mol. The lowest BCUT2D eigenvalue weighted by Crippen LogP contribution is -2.27. The summed E-state index contributed by atoms with van der Waals surface area (Å²) in [5, 5.41) is 0. The molecule has 3 aliphatic heterocycles. The summed E-state index contributed by atoms with van der Waals surface area (Å²) in [6.45, 7) is 1.23. The molecule has 2 saturated heterocycles. The normalized spacial score (nSPS) is 32.3. The minimum absolute atomic E-state index is 0.509. The topological polar surface area (TPSA) is 20.3 Å². The molecule has 2 nitrogen and oxygen atoms in total. The first-order valence-electron chi connectivity index (χ1n) is 9.02. The largest absolute Gasteiger partial charge is 0.303 e. The molecule has 3 aliphatic rings. The van der Waals surface area contributed by atoms with E-state index >= 15 is 0 Å². The maximum atomic E-state index is 12.5. The second kappa shape index (κ2) is 6.89. The van der Waals surface area contributed by atoms with Gasteiger partial charge >= 0.3 is 0 Å². The van der Waals surface area contributed by atoms with Crippen molar-refractivity contribution in [1.29, 1.82) is 0 Å². The molecule has 3 heterocycles. The van der Waals surface area contributed by atoms with E-state index in [0.29, 0.717) is 12.0 Å². The molecule has 4 heteroatoms. The molecule has 23 heavy (non-hydrogen) atoms. The van der Waals surface area contributed by atoms with Crippen molar-refractivity contribution in [1.82, 2.24) is 4.90 Å². The van der Waals surface area contributed by atoms with Gasteiger partial charge in [-0.15, -0.1) is 0 Å². The summed E-state index contributed by atoms with van der Waals surface area (Å²) < 4.78 is 12.5. The second-order valence-corrected chi connectivity index (χ2v) is 10.1.